The molecular weight excluding hydrogens is 337 g/mol. The Bertz CT molecular complexity index is 632. The van der Waals surface area contributed by atoms with Crippen LogP contribution in [-0.4, -0.2) is 36.2 Å². The lowest BCUT2D eigenvalue weighted by Gasteiger charge is -2.33. The Morgan fingerprint density at radius 1 is 1.32 bits per heavy atom. The number of hydrogen-bond donors (Lipinski definition) is 1. The number of likely N-dealkylation sites (tertiary alicyclic amines) is 1. The molecule has 1 aliphatic heterocycles. The Balaban J connectivity index is 1.99. The maximum absolute atomic E-state index is 12.4. The number of hydrogen-bond acceptors (Lipinski definition) is 3. The molecular formula is C17H21F3N2O3. The van der Waals surface area contributed by atoms with Crippen molar-refractivity contribution in [3.63, 3.8) is 0 Å². The zero-order chi connectivity index (χ0) is 18.6. The van der Waals surface area contributed by atoms with Gasteiger partial charge in [-0.25, -0.2) is 0 Å². The Morgan fingerprint density at radius 3 is 2.68 bits per heavy atom. The van der Waals surface area contributed by atoms with Gasteiger partial charge in [0.05, 0.1) is 5.92 Å². The van der Waals surface area contributed by atoms with Crippen LogP contribution in [0.2, 0.25) is 0 Å². The van der Waals surface area contributed by atoms with Gasteiger partial charge in [-0.3, -0.25) is 9.59 Å². The molecule has 0 aromatic heterocycles. The van der Waals surface area contributed by atoms with Crippen LogP contribution < -0.4 is 10.1 Å². The number of rotatable bonds is 4. The second-order valence-electron chi connectivity index (χ2n) is 6.34. The van der Waals surface area contributed by atoms with E-state index < -0.39 is 12.1 Å². The van der Waals surface area contributed by atoms with Crippen molar-refractivity contribution in [1.29, 1.82) is 0 Å². The lowest BCUT2D eigenvalue weighted by atomic mass is 9.96. The molecule has 1 aromatic rings. The smallest absolute Gasteiger partial charge is 0.406 e. The molecule has 1 saturated heterocycles. The molecule has 2 amide bonds. The van der Waals surface area contributed by atoms with E-state index in [1.807, 2.05) is 0 Å². The highest BCUT2D eigenvalue weighted by molar-refractivity contribution is 5.93. The van der Waals surface area contributed by atoms with Crippen molar-refractivity contribution in [3.05, 3.63) is 24.3 Å². The SMILES string of the molecule is CC(C)C(=O)N1CCC[C@H](C(=O)Nc2cccc(OC(F)(F)F)c2)C1. The maximum Gasteiger partial charge on any atom is 0.573 e. The van der Waals surface area contributed by atoms with Gasteiger partial charge in [-0.15, -0.1) is 13.2 Å². The molecule has 8 heteroatoms. The molecule has 0 saturated carbocycles. The molecule has 1 aliphatic rings. The van der Waals surface area contributed by atoms with Crippen LogP contribution in [0.5, 0.6) is 5.75 Å². The van der Waals surface area contributed by atoms with Gasteiger partial charge in [0, 0.05) is 30.8 Å². The average Bonchev–Trinajstić information content (AvgIpc) is 2.52. The number of nitrogens with zero attached hydrogens (tertiary/aromatic N) is 1. The molecule has 0 spiro atoms. The summed E-state index contributed by atoms with van der Waals surface area (Å²) in [4.78, 5) is 26.1. The van der Waals surface area contributed by atoms with E-state index >= 15 is 0 Å². The molecule has 25 heavy (non-hydrogen) atoms. The first-order valence-corrected chi connectivity index (χ1v) is 8.11. The van der Waals surface area contributed by atoms with Gasteiger partial charge in [-0.1, -0.05) is 19.9 Å². The summed E-state index contributed by atoms with van der Waals surface area (Å²) in [5, 5.41) is 2.60. The second-order valence-corrected chi connectivity index (χ2v) is 6.34. The van der Waals surface area contributed by atoms with E-state index in [4.69, 9.17) is 0 Å². The number of carbonyl (C=O) groups excluding carboxylic acids is 2. The van der Waals surface area contributed by atoms with Crippen molar-refractivity contribution < 1.29 is 27.5 Å². The van der Waals surface area contributed by atoms with Crippen LogP contribution in [0.15, 0.2) is 24.3 Å². The lowest BCUT2D eigenvalue weighted by Crippen LogP contribution is -2.45. The van der Waals surface area contributed by atoms with Gasteiger partial charge < -0.3 is 15.0 Å². The fraction of sp³-hybridized carbons (Fsp3) is 0.529. The first-order valence-electron chi connectivity index (χ1n) is 8.11. The van der Waals surface area contributed by atoms with E-state index in [9.17, 15) is 22.8 Å². The molecule has 138 valence electrons. The van der Waals surface area contributed by atoms with Crippen LogP contribution in [0.3, 0.4) is 0 Å². The maximum atomic E-state index is 12.4. The van der Waals surface area contributed by atoms with Crippen LogP contribution in [0.25, 0.3) is 0 Å². The number of alkyl halides is 3. The molecule has 1 atom stereocenters. The quantitative estimate of drug-likeness (QED) is 0.897. The van der Waals surface area contributed by atoms with Crippen molar-refractivity contribution in [2.75, 3.05) is 18.4 Å². The van der Waals surface area contributed by atoms with Crippen LogP contribution in [0.1, 0.15) is 26.7 Å². The van der Waals surface area contributed by atoms with Crippen molar-refractivity contribution in [3.8, 4) is 5.75 Å². The summed E-state index contributed by atoms with van der Waals surface area (Å²) in [6, 6.07) is 5.13. The van der Waals surface area contributed by atoms with E-state index in [-0.39, 0.29) is 29.3 Å². The molecule has 5 nitrogen and oxygen atoms in total. The minimum absolute atomic E-state index is 0.00178. The average molecular weight is 358 g/mol. The van der Waals surface area contributed by atoms with Gasteiger partial charge in [0.15, 0.2) is 0 Å². The molecule has 1 aromatic carbocycles. The van der Waals surface area contributed by atoms with Gasteiger partial charge in [0.2, 0.25) is 11.8 Å². The van der Waals surface area contributed by atoms with E-state index in [1.54, 1.807) is 18.7 Å². The van der Waals surface area contributed by atoms with Gasteiger partial charge in [0.1, 0.15) is 5.75 Å². The first kappa shape index (κ1) is 19.1. The van der Waals surface area contributed by atoms with E-state index in [0.717, 1.165) is 12.1 Å². The number of anilines is 1. The highest BCUT2D eigenvalue weighted by atomic mass is 19.4. The number of ether oxygens (including phenoxy) is 1. The van der Waals surface area contributed by atoms with E-state index in [2.05, 4.69) is 10.1 Å². The van der Waals surface area contributed by atoms with Crippen LogP contribution >= 0.6 is 0 Å². The highest BCUT2D eigenvalue weighted by Crippen LogP contribution is 2.26. The van der Waals surface area contributed by atoms with Crippen LogP contribution in [-0.2, 0) is 9.59 Å². The molecule has 0 bridgehead atoms. The summed E-state index contributed by atoms with van der Waals surface area (Å²) in [7, 11) is 0. The lowest BCUT2D eigenvalue weighted by molar-refractivity contribution is -0.274. The minimum Gasteiger partial charge on any atom is -0.406 e. The standard InChI is InChI=1S/C17H21F3N2O3/c1-11(2)16(24)22-8-4-5-12(10-22)15(23)21-13-6-3-7-14(9-13)25-17(18,19)20/h3,6-7,9,11-12H,4-5,8,10H2,1-2H3,(H,21,23)/t12-/m0/s1. The fourth-order valence-corrected chi connectivity index (χ4v) is 2.77. The number of nitrogens with one attached hydrogen (secondary N) is 1. The number of piperidine rings is 1. The van der Waals surface area contributed by atoms with Gasteiger partial charge in [-0.2, -0.15) is 0 Å². The number of amides is 2. The Hall–Kier alpha value is -2.25. The molecule has 1 N–H and O–H groups in total. The molecule has 0 aliphatic carbocycles. The van der Waals surface area contributed by atoms with E-state index in [1.165, 1.54) is 12.1 Å². The molecule has 1 heterocycles. The Kier molecular flexibility index (Phi) is 5.92. The molecule has 2 rings (SSSR count). The predicted octanol–water partition coefficient (Wildman–Crippen LogP) is 3.42. The third-order valence-electron chi connectivity index (χ3n) is 3.93. The Morgan fingerprint density at radius 2 is 2.04 bits per heavy atom. The minimum atomic E-state index is -4.79. The summed E-state index contributed by atoms with van der Waals surface area (Å²) in [6.07, 6.45) is -3.44. The van der Waals surface area contributed by atoms with E-state index in [0.29, 0.717) is 25.9 Å². The third kappa shape index (κ3) is 5.65. The number of halogens is 3. The highest BCUT2D eigenvalue weighted by Gasteiger charge is 2.32. The van der Waals surface area contributed by atoms with Crippen molar-refractivity contribution >= 4 is 17.5 Å². The summed E-state index contributed by atoms with van der Waals surface area (Å²) in [5.41, 5.74) is 0.221. The summed E-state index contributed by atoms with van der Waals surface area (Å²) in [6.45, 7) is 4.55. The first-order chi connectivity index (χ1) is 11.7. The third-order valence-corrected chi connectivity index (χ3v) is 3.93. The van der Waals surface area contributed by atoms with Crippen molar-refractivity contribution in [1.82, 2.24) is 4.90 Å². The van der Waals surface area contributed by atoms with Gasteiger partial charge in [0.25, 0.3) is 0 Å². The fourth-order valence-electron chi connectivity index (χ4n) is 2.77. The van der Waals surface area contributed by atoms with Crippen molar-refractivity contribution in [2.45, 2.75) is 33.1 Å². The normalized spacial score (nSPS) is 18.2. The van der Waals surface area contributed by atoms with Gasteiger partial charge in [-0.05, 0) is 25.0 Å². The molecule has 0 unspecified atom stereocenters. The molecule has 1 fully saturated rings. The second kappa shape index (κ2) is 7.76. The van der Waals surface area contributed by atoms with Crippen LogP contribution in [0.4, 0.5) is 18.9 Å². The van der Waals surface area contributed by atoms with Crippen molar-refractivity contribution in [2.24, 2.45) is 11.8 Å². The van der Waals surface area contributed by atoms with Gasteiger partial charge >= 0.3 is 6.36 Å². The topological polar surface area (TPSA) is 58.6 Å². The number of benzene rings is 1. The van der Waals surface area contributed by atoms with Crippen LogP contribution in [0, 0.1) is 11.8 Å². The number of carbonyl (C=O) groups is 2. The molecule has 0 radical (unpaired) electrons. The Labute approximate surface area is 144 Å². The summed E-state index contributed by atoms with van der Waals surface area (Å²) < 4.78 is 40.6. The zero-order valence-electron chi connectivity index (χ0n) is 14.1. The predicted molar refractivity (Wildman–Crippen MR) is 85.9 cm³/mol. The largest absolute Gasteiger partial charge is 0.573 e. The zero-order valence-corrected chi connectivity index (χ0v) is 14.1. The monoisotopic (exact) mass is 358 g/mol. The summed E-state index contributed by atoms with van der Waals surface area (Å²) >= 11 is 0. The summed E-state index contributed by atoms with van der Waals surface area (Å²) in [5.74, 6) is -1.24.